The summed E-state index contributed by atoms with van der Waals surface area (Å²) in [6, 6.07) is 61.8. The molecule has 0 fully saturated rings. The van der Waals surface area contributed by atoms with Gasteiger partial charge in [-0.1, -0.05) is 158 Å². The molecule has 0 spiro atoms. The molecule has 0 aromatic heterocycles. The van der Waals surface area contributed by atoms with Crippen molar-refractivity contribution in [3.63, 3.8) is 0 Å². The van der Waals surface area contributed by atoms with E-state index in [0.29, 0.717) is 0 Å². The summed E-state index contributed by atoms with van der Waals surface area (Å²) in [7, 11) is 0. The molecule has 0 saturated heterocycles. The molecule has 0 aliphatic rings. The minimum absolute atomic E-state index is 1.22. The molecule has 0 heterocycles. The predicted molar refractivity (Wildman–Crippen MR) is 181 cm³/mol. The van der Waals surface area contributed by atoms with Gasteiger partial charge in [-0.15, -0.1) is 0 Å². The van der Waals surface area contributed by atoms with Gasteiger partial charge < -0.3 is 0 Å². The van der Waals surface area contributed by atoms with Crippen LogP contribution in [0.4, 0.5) is 0 Å². The highest BCUT2D eigenvalue weighted by atomic mass is 14.2. The molecule has 0 bridgehead atoms. The van der Waals surface area contributed by atoms with Gasteiger partial charge in [0.25, 0.3) is 0 Å². The Balaban J connectivity index is 1.62. The average molecular weight is 533 g/mol. The molecule has 8 aromatic carbocycles. The van der Waals surface area contributed by atoms with Crippen molar-refractivity contribution in [2.24, 2.45) is 0 Å². The second-order valence-corrected chi connectivity index (χ2v) is 10.9. The van der Waals surface area contributed by atoms with Gasteiger partial charge in [0.2, 0.25) is 0 Å². The molecule has 0 unspecified atom stereocenters. The van der Waals surface area contributed by atoms with E-state index in [1.807, 2.05) is 0 Å². The summed E-state index contributed by atoms with van der Waals surface area (Å²) in [5.74, 6) is 0. The third-order valence-corrected chi connectivity index (χ3v) is 8.44. The fourth-order valence-corrected chi connectivity index (χ4v) is 6.59. The van der Waals surface area contributed by atoms with Gasteiger partial charge in [0, 0.05) is 0 Å². The van der Waals surface area contributed by atoms with Crippen molar-refractivity contribution in [2.75, 3.05) is 0 Å². The van der Waals surface area contributed by atoms with E-state index in [2.05, 4.69) is 170 Å². The molecule has 0 heteroatoms. The van der Waals surface area contributed by atoms with Gasteiger partial charge in [0.1, 0.15) is 0 Å². The maximum atomic E-state index is 2.41. The molecule has 0 radical (unpaired) electrons. The fourth-order valence-electron chi connectivity index (χ4n) is 6.59. The lowest BCUT2D eigenvalue weighted by atomic mass is 9.80. The second-order valence-electron chi connectivity index (χ2n) is 10.9. The van der Waals surface area contributed by atoms with Gasteiger partial charge in [0.05, 0.1) is 0 Å². The van der Waals surface area contributed by atoms with Crippen LogP contribution in [0.25, 0.3) is 76.8 Å². The second kappa shape index (κ2) is 10.2. The summed E-state index contributed by atoms with van der Waals surface area (Å²) >= 11 is 0. The zero-order valence-corrected chi connectivity index (χ0v) is 23.2. The van der Waals surface area contributed by atoms with E-state index in [-0.39, 0.29) is 0 Å². The fraction of sp³-hybridized carbons (Fsp3) is 0. The highest BCUT2D eigenvalue weighted by Gasteiger charge is 2.22. The topological polar surface area (TPSA) is 0 Å². The van der Waals surface area contributed by atoms with Crippen LogP contribution in [-0.2, 0) is 0 Å². The van der Waals surface area contributed by atoms with Crippen molar-refractivity contribution in [3.8, 4) is 44.5 Å². The molecule has 8 rings (SSSR count). The molecule has 0 N–H and O–H groups in total. The molecule has 0 atom stereocenters. The minimum atomic E-state index is 1.22. The zero-order valence-electron chi connectivity index (χ0n) is 23.2. The normalized spacial score (nSPS) is 11.3. The van der Waals surface area contributed by atoms with Gasteiger partial charge in [-0.3, -0.25) is 0 Å². The number of hydrogen-bond donors (Lipinski definition) is 0. The lowest BCUT2D eigenvalue weighted by Gasteiger charge is -2.23. The Labute approximate surface area is 246 Å². The van der Waals surface area contributed by atoms with E-state index in [1.165, 1.54) is 76.8 Å². The smallest absolute Gasteiger partial charge is 0.00137 e. The van der Waals surface area contributed by atoms with Crippen molar-refractivity contribution < 1.29 is 0 Å². The maximum absolute atomic E-state index is 2.41. The summed E-state index contributed by atoms with van der Waals surface area (Å²) in [5, 5.41) is 7.58. The van der Waals surface area contributed by atoms with E-state index in [9.17, 15) is 0 Å². The van der Waals surface area contributed by atoms with Gasteiger partial charge in [-0.25, -0.2) is 0 Å². The van der Waals surface area contributed by atoms with Gasteiger partial charge in [-0.05, 0) is 89.0 Å². The summed E-state index contributed by atoms with van der Waals surface area (Å²) in [5.41, 5.74) is 9.99. The molecule has 0 aliphatic carbocycles. The summed E-state index contributed by atoms with van der Waals surface area (Å²) in [6.45, 7) is 0. The van der Waals surface area contributed by atoms with Crippen molar-refractivity contribution in [1.29, 1.82) is 0 Å². The Morgan fingerprint density at radius 1 is 0.238 bits per heavy atom. The van der Waals surface area contributed by atoms with Crippen molar-refractivity contribution in [1.82, 2.24) is 0 Å². The first-order chi connectivity index (χ1) is 20.9. The van der Waals surface area contributed by atoms with Crippen LogP contribution >= 0.6 is 0 Å². The van der Waals surface area contributed by atoms with E-state index in [1.54, 1.807) is 0 Å². The average Bonchev–Trinajstić information content (AvgIpc) is 3.07. The van der Waals surface area contributed by atoms with Crippen molar-refractivity contribution in [2.45, 2.75) is 0 Å². The van der Waals surface area contributed by atoms with E-state index < -0.39 is 0 Å². The van der Waals surface area contributed by atoms with Gasteiger partial charge >= 0.3 is 0 Å². The molecular weight excluding hydrogens is 504 g/mol. The summed E-state index contributed by atoms with van der Waals surface area (Å²) in [4.78, 5) is 0. The van der Waals surface area contributed by atoms with Crippen LogP contribution in [0.5, 0.6) is 0 Å². The Bertz CT molecular complexity index is 2150. The van der Waals surface area contributed by atoms with Crippen molar-refractivity contribution >= 4 is 32.3 Å². The predicted octanol–water partition coefficient (Wildman–Crippen LogP) is 11.8. The lowest BCUT2D eigenvalue weighted by Crippen LogP contribution is -1.95. The van der Waals surface area contributed by atoms with Crippen LogP contribution < -0.4 is 0 Å². The minimum Gasteiger partial charge on any atom is -0.0622 e. The molecule has 0 aliphatic heterocycles. The van der Waals surface area contributed by atoms with Crippen LogP contribution in [0, 0.1) is 0 Å². The number of hydrogen-bond acceptors (Lipinski definition) is 0. The van der Waals surface area contributed by atoms with Crippen LogP contribution in [0.15, 0.2) is 170 Å². The Morgan fingerprint density at radius 3 is 1.17 bits per heavy atom. The Kier molecular flexibility index (Phi) is 5.90. The van der Waals surface area contributed by atoms with Gasteiger partial charge in [0.15, 0.2) is 0 Å². The molecule has 8 aromatic rings. The first-order valence-electron chi connectivity index (χ1n) is 14.5. The molecule has 42 heavy (non-hydrogen) atoms. The van der Waals surface area contributed by atoms with Crippen LogP contribution in [0.3, 0.4) is 0 Å². The number of benzene rings is 8. The van der Waals surface area contributed by atoms with Gasteiger partial charge in [-0.2, -0.15) is 0 Å². The molecule has 0 saturated carbocycles. The first kappa shape index (κ1) is 24.3. The molecule has 0 amide bonds. The maximum Gasteiger partial charge on any atom is -0.00137 e. The lowest BCUT2D eigenvalue weighted by molar-refractivity contribution is 1.58. The summed E-state index contributed by atoms with van der Waals surface area (Å²) in [6.07, 6.45) is 0. The van der Waals surface area contributed by atoms with Crippen LogP contribution in [0.1, 0.15) is 0 Å². The third-order valence-electron chi connectivity index (χ3n) is 8.44. The first-order valence-corrected chi connectivity index (χ1v) is 14.5. The standard InChI is InChI=1S/C42H28/c1-4-15-29(16-5-1)34-25-14-26-35(30-17-6-2-7-18-30)41(34)42-37-24-13-12-23-36(37)40(31-19-8-3-9-20-31)38-27-32-21-10-11-22-33(32)28-39(38)42/h1-28H. The van der Waals surface area contributed by atoms with Crippen LogP contribution in [0.2, 0.25) is 0 Å². The zero-order chi connectivity index (χ0) is 27.9. The van der Waals surface area contributed by atoms with E-state index in [0.717, 1.165) is 0 Å². The summed E-state index contributed by atoms with van der Waals surface area (Å²) < 4.78 is 0. The SMILES string of the molecule is c1ccc(-c2cccc(-c3ccccc3)c2-c2c3ccccc3c(-c3ccccc3)c3cc4ccccc4cc23)cc1. The largest absolute Gasteiger partial charge is 0.0622 e. The van der Waals surface area contributed by atoms with Crippen LogP contribution in [-0.4, -0.2) is 0 Å². The van der Waals surface area contributed by atoms with E-state index >= 15 is 0 Å². The molecule has 196 valence electrons. The van der Waals surface area contributed by atoms with Crippen molar-refractivity contribution in [3.05, 3.63) is 170 Å². The number of fused-ring (bicyclic) bond motifs is 3. The highest BCUT2D eigenvalue weighted by molar-refractivity contribution is 6.25. The highest BCUT2D eigenvalue weighted by Crippen LogP contribution is 2.49. The monoisotopic (exact) mass is 532 g/mol. The van der Waals surface area contributed by atoms with E-state index in [4.69, 9.17) is 0 Å². The third kappa shape index (κ3) is 4.00. The molecular formula is C42H28. The Morgan fingerprint density at radius 2 is 0.643 bits per heavy atom. The Hall–Kier alpha value is -5.46. The number of rotatable bonds is 4. The molecule has 0 nitrogen and oxygen atoms in total. The quantitative estimate of drug-likeness (QED) is 0.198.